The van der Waals surface area contributed by atoms with Crippen LogP contribution in [0.1, 0.15) is 19.3 Å². The van der Waals surface area contributed by atoms with Gasteiger partial charge in [-0.05, 0) is 31.4 Å². The Balaban J connectivity index is 1.80. The van der Waals surface area contributed by atoms with Crippen molar-refractivity contribution in [2.45, 2.75) is 19.3 Å². The maximum absolute atomic E-state index is 6.05. The van der Waals surface area contributed by atoms with Gasteiger partial charge in [-0.3, -0.25) is 0 Å². The summed E-state index contributed by atoms with van der Waals surface area (Å²) in [5.74, 6) is 1.63. The Bertz CT molecular complexity index is 1040. The van der Waals surface area contributed by atoms with Gasteiger partial charge in [-0.2, -0.15) is 0 Å². The van der Waals surface area contributed by atoms with E-state index in [-0.39, 0.29) is 0 Å². The van der Waals surface area contributed by atoms with Crippen molar-refractivity contribution < 1.29 is 4.42 Å². The fraction of sp³-hybridized carbons (Fsp3) is 0.250. The molecule has 4 heterocycles. The molecule has 0 unspecified atom stereocenters. The number of piperidine rings is 1. The molecule has 1 fully saturated rings. The molecule has 5 rings (SSSR count). The molecule has 3 aromatic heterocycles. The first-order valence-electron chi connectivity index (χ1n) is 8.76. The van der Waals surface area contributed by atoms with E-state index in [1.54, 1.807) is 6.20 Å². The van der Waals surface area contributed by atoms with Gasteiger partial charge in [-0.25, -0.2) is 15.0 Å². The van der Waals surface area contributed by atoms with Crippen molar-refractivity contribution in [2.24, 2.45) is 0 Å². The molecule has 5 heteroatoms. The molecular weight excluding hydrogens is 312 g/mol. The van der Waals surface area contributed by atoms with Crippen LogP contribution in [-0.2, 0) is 0 Å². The molecule has 1 aromatic carbocycles. The second-order valence-corrected chi connectivity index (χ2v) is 6.42. The van der Waals surface area contributed by atoms with E-state index in [0.29, 0.717) is 5.71 Å². The van der Waals surface area contributed by atoms with E-state index in [4.69, 9.17) is 14.4 Å². The van der Waals surface area contributed by atoms with Crippen molar-refractivity contribution in [3.8, 4) is 11.4 Å². The maximum atomic E-state index is 6.05. The largest absolute Gasteiger partial charge is 0.432 e. The number of anilines is 1. The summed E-state index contributed by atoms with van der Waals surface area (Å²) in [4.78, 5) is 16.4. The van der Waals surface area contributed by atoms with Crippen LogP contribution in [0.2, 0.25) is 0 Å². The molecule has 0 spiro atoms. The zero-order valence-corrected chi connectivity index (χ0v) is 13.9. The van der Waals surface area contributed by atoms with Crippen molar-refractivity contribution >= 4 is 28.0 Å². The van der Waals surface area contributed by atoms with E-state index in [1.807, 2.05) is 42.5 Å². The van der Waals surface area contributed by atoms with Crippen molar-refractivity contribution in [1.82, 2.24) is 15.0 Å². The molecular formula is C20H18N4O. The lowest BCUT2D eigenvalue weighted by Gasteiger charge is -2.27. The van der Waals surface area contributed by atoms with Crippen LogP contribution >= 0.6 is 0 Å². The second kappa shape index (κ2) is 5.84. The van der Waals surface area contributed by atoms with Crippen LogP contribution in [0.3, 0.4) is 0 Å². The second-order valence-electron chi connectivity index (χ2n) is 6.42. The topological polar surface area (TPSA) is 55.1 Å². The molecule has 1 aliphatic rings. The van der Waals surface area contributed by atoms with Gasteiger partial charge in [-0.1, -0.05) is 30.3 Å². The molecule has 1 aliphatic heterocycles. The predicted molar refractivity (Wildman–Crippen MR) is 98.6 cm³/mol. The summed E-state index contributed by atoms with van der Waals surface area (Å²) < 4.78 is 6.05. The Morgan fingerprint density at radius 1 is 0.880 bits per heavy atom. The molecule has 124 valence electrons. The Hall–Kier alpha value is -2.95. The van der Waals surface area contributed by atoms with Gasteiger partial charge < -0.3 is 9.32 Å². The average Bonchev–Trinajstić information content (AvgIpc) is 3.07. The third-order valence-corrected chi connectivity index (χ3v) is 4.76. The minimum Gasteiger partial charge on any atom is -0.432 e. The van der Waals surface area contributed by atoms with Crippen molar-refractivity contribution in [2.75, 3.05) is 18.0 Å². The summed E-state index contributed by atoms with van der Waals surface area (Å²) in [6, 6.07) is 14.0. The highest BCUT2D eigenvalue weighted by atomic mass is 16.3. The molecule has 25 heavy (non-hydrogen) atoms. The molecule has 0 amide bonds. The van der Waals surface area contributed by atoms with Gasteiger partial charge in [0.2, 0.25) is 5.71 Å². The number of aromatic nitrogens is 3. The Morgan fingerprint density at radius 3 is 2.56 bits per heavy atom. The van der Waals surface area contributed by atoms with Crippen molar-refractivity contribution in [3.05, 3.63) is 48.7 Å². The fourth-order valence-electron chi connectivity index (χ4n) is 3.50. The molecule has 0 N–H and O–H groups in total. The molecule has 0 saturated carbocycles. The van der Waals surface area contributed by atoms with E-state index in [2.05, 4.69) is 9.88 Å². The van der Waals surface area contributed by atoms with E-state index in [9.17, 15) is 0 Å². The molecule has 0 bridgehead atoms. The van der Waals surface area contributed by atoms with Gasteiger partial charge in [-0.15, -0.1) is 0 Å². The minimum atomic E-state index is 0.621. The van der Waals surface area contributed by atoms with Crippen molar-refractivity contribution in [1.29, 1.82) is 0 Å². The molecule has 0 atom stereocenters. The number of rotatable bonds is 2. The normalized spacial score (nSPS) is 15.1. The number of hydrogen-bond acceptors (Lipinski definition) is 5. The molecule has 0 radical (unpaired) electrons. The molecule has 1 saturated heterocycles. The number of furan rings is 1. The Kier molecular flexibility index (Phi) is 3.37. The third-order valence-electron chi connectivity index (χ3n) is 4.76. The van der Waals surface area contributed by atoms with Crippen LogP contribution < -0.4 is 4.90 Å². The zero-order chi connectivity index (χ0) is 16.6. The Morgan fingerprint density at radius 2 is 1.72 bits per heavy atom. The standard InChI is InChI=1S/C20H18N4O/c1-3-8-14(9-4-1)18-22-16-15-10-7-11-21-20(15)25-17(16)19(23-18)24-12-5-2-6-13-24/h1,3-4,7-11H,2,5-6,12-13H2. The summed E-state index contributed by atoms with van der Waals surface area (Å²) in [5.41, 5.74) is 3.23. The highest BCUT2D eigenvalue weighted by Crippen LogP contribution is 2.34. The smallest absolute Gasteiger partial charge is 0.229 e. The van der Waals surface area contributed by atoms with Crippen LogP contribution in [0.25, 0.3) is 33.6 Å². The van der Waals surface area contributed by atoms with E-state index in [1.165, 1.54) is 19.3 Å². The average molecular weight is 330 g/mol. The highest BCUT2D eigenvalue weighted by Gasteiger charge is 2.22. The van der Waals surface area contributed by atoms with E-state index >= 15 is 0 Å². The first-order chi connectivity index (χ1) is 12.4. The Labute approximate surface area is 145 Å². The number of benzene rings is 1. The number of fused-ring (bicyclic) bond motifs is 3. The summed E-state index contributed by atoms with van der Waals surface area (Å²) >= 11 is 0. The van der Waals surface area contributed by atoms with Crippen LogP contribution in [0, 0.1) is 0 Å². The maximum Gasteiger partial charge on any atom is 0.229 e. The van der Waals surface area contributed by atoms with E-state index < -0.39 is 0 Å². The number of nitrogens with zero attached hydrogens (tertiary/aromatic N) is 4. The first kappa shape index (κ1) is 14.4. The molecule has 4 aromatic rings. The summed E-state index contributed by atoms with van der Waals surface area (Å²) in [6.45, 7) is 2.01. The highest BCUT2D eigenvalue weighted by molar-refractivity contribution is 6.05. The lowest BCUT2D eigenvalue weighted by Crippen LogP contribution is -2.30. The SMILES string of the molecule is c1ccc(-c2nc(N3CCCCC3)c3oc4ncccc4c3n2)cc1. The van der Waals surface area contributed by atoms with Crippen LogP contribution in [0.4, 0.5) is 5.82 Å². The number of pyridine rings is 1. The van der Waals surface area contributed by atoms with Gasteiger partial charge >= 0.3 is 0 Å². The van der Waals surface area contributed by atoms with Crippen LogP contribution in [0.5, 0.6) is 0 Å². The van der Waals surface area contributed by atoms with Crippen LogP contribution in [0.15, 0.2) is 53.1 Å². The van der Waals surface area contributed by atoms with Gasteiger partial charge in [0.1, 0.15) is 5.52 Å². The lowest BCUT2D eigenvalue weighted by atomic mass is 10.1. The minimum absolute atomic E-state index is 0.621. The molecule has 0 aliphatic carbocycles. The summed E-state index contributed by atoms with van der Waals surface area (Å²) in [7, 11) is 0. The number of hydrogen-bond donors (Lipinski definition) is 0. The van der Waals surface area contributed by atoms with Crippen LogP contribution in [-0.4, -0.2) is 28.0 Å². The van der Waals surface area contributed by atoms with Crippen molar-refractivity contribution in [3.63, 3.8) is 0 Å². The van der Waals surface area contributed by atoms with Gasteiger partial charge in [0.15, 0.2) is 17.2 Å². The van der Waals surface area contributed by atoms with E-state index in [0.717, 1.165) is 46.8 Å². The summed E-state index contributed by atoms with van der Waals surface area (Å²) in [6.07, 6.45) is 5.39. The van der Waals surface area contributed by atoms with Gasteiger partial charge in [0.25, 0.3) is 0 Å². The first-order valence-corrected chi connectivity index (χ1v) is 8.76. The fourth-order valence-corrected chi connectivity index (χ4v) is 3.50. The molecule has 5 nitrogen and oxygen atoms in total. The van der Waals surface area contributed by atoms with Gasteiger partial charge in [0, 0.05) is 24.8 Å². The third kappa shape index (κ3) is 2.43. The van der Waals surface area contributed by atoms with Gasteiger partial charge in [0.05, 0.1) is 5.39 Å². The lowest BCUT2D eigenvalue weighted by molar-refractivity contribution is 0.568. The monoisotopic (exact) mass is 330 g/mol. The zero-order valence-electron chi connectivity index (χ0n) is 13.9. The predicted octanol–water partition coefficient (Wildman–Crippen LogP) is 4.43. The quantitative estimate of drug-likeness (QED) is 0.544. The summed E-state index contributed by atoms with van der Waals surface area (Å²) in [5, 5.41) is 0.940.